The highest BCUT2D eigenvalue weighted by molar-refractivity contribution is 7.22. The molecule has 4 rings (SSSR count). The van der Waals surface area contributed by atoms with Crippen LogP contribution in [0.1, 0.15) is 11.3 Å². The molecule has 0 spiro atoms. The van der Waals surface area contributed by atoms with Gasteiger partial charge in [-0.2, -0.15) is 0 Å². The molecule has 1 aromatic carbocycles. The van der Waals surface area contributed by atoms with Crippen LogP contribution in [0.15, 0.2) is 42.7 Å². The van der Waals surface area contributed by atoms with Crippen molar-refractivity contribution in [1.29, 1.82) is 0 Å². The van der Waals surface area contributed by atoms with E-state index < -0.39 is 0 Å². The second-order valence-electron chi connectivity index (χ2n) is 5.08. The number of benzene rings is 1. The number of anilines is 1. The molecule has 22 heavy (non-hydrogen) atoms. The third-order valence-electron chi connectivity index (χ3n) is 3.65. The Morgan fingerprint density at radius 3 is 3.05 bits per heavy atom. The molecule has 0 fully saturated rings. The predicted molar refractivity (Wildman–Crippen MR) is 88.6 cm³/mol. The summed E-state index contributed by atoms with van der Waals surface area (Å²) in [5.74, 6) is 0.811. The quantitative estimate of drug-likeness (QED) is 0.631. The molecule has 6 heteroatoms. The Labute approximate surface area is 131 Å². The van der Waals surface area contributed by atoms with Crippen molar-refractivity contribution >= 4 is 32.3 Å². The highest BCUT2D eigenvalue weighted by Crippen LogP contribution is 2.26. The van der Waals surface area contributed by atoms with Gasteiger partial charge in [-0.25, -0.2) is 9.97 Å². The molecule has 5 nitrogen and oxygen atoms in total. The maximum absolute atomic E-state index is 5.76. The molecule has 0 aliphatic heterocycles. The highest BCUT2D eigenvalue weighted by atomic mass is 32.1. The highest BCUT2D eigenvalue weighted by Gasteiger charge is 2.07. The number of hydrogen-bond acceptors (Lipinski definition) is 5. The van der Waals surface area contributed by atoms with E-state index >= 15 is 0 Å². The summed E-state index contributed by atoms with van der Waals surface area (Å²) in [6.07, 6.45) is 4.70. The Balaban J connectivity index is 1.72. The van der Waals surface area contributed by atoms with Crippen molar-refractivity contribution in [2.45, 2.75) is 6.42 Å². The molecule has 0 bridgehead atoms. The summed E-state index contributed by atoms with van der Waals surface area (Å²) in [5, 5.41) is 0.606. The van der Waals surface area contributed by atoms with Crippen LogP contribution in [0.4, 0.5) is 5.13 Å². The topological polar surface area (TPSA) is 65.4 Å². The van der Waals surface area contributed by atoms with Crippen LogP contribution in [0.25, 0.3) is 15.9 Å². The van der Waals surface area contributed by atoms with Crippen molar-refractivity contribution in [3.05, 3.63) is 54.0 Å². The van der Waals surface area contributed by atoms with Crippen molar-refractivity contribution in [3.63, 3.8) is 0 Å². The van der Waals surface area contributed by atoms with Crippen LogP contribution in [0.3, 0.4) is 0 Å². The molecule has 0 radical (unpaired) electrons. The molecule has 4 aromatic rings. The lowest BCUT2D eigenvalue weighted by Crippen LogP contribution is -1.95. The zero-order valence-electron chi connectivity index (χ0n) is 12.0. The summed E-state index contributed by atoms with van der Waals surface area (Å²) in [5.41, 5.74) is 9.95. The predicted octanol–water partition coefficient (Wildman–Crippen LogP) is 3.13. The van der Waals surface area contributed by atoms with Gasteiger partial charge in [0, 0.05) is 30.6 Å². The second kappa shape index (κ2) is 4.99. The van der Waals surface area contributed by atoms with Gasteiger partial charge in [-0.05, 0) is 23.8 Å². The van der Waals surface area contributed by atoms with E-state index in [0.717, 1.165) is 33.7 Å². The van der Waals surface area contributed by atoms with E-state index in [2.05, 4.69) is 26.5 Å². The van der Waals surface area contributed by atoms with Gasteiger partial charge in [-0.1, -0.05) is 17.4 Å². The van der Waals surface area contributed by atoms with Gasteiger partial charge < -0.3 is 14.9 Å². The van der Waals surface area contributed by atoms with E-state index in [-0.39, 0.29) is 0 Å². The Kier molecular flexibility index (Phi) is 2.97. The normalized spacial score (nSPS) is 11.3. The Bertz CT molecular complexity index is 973. The first kappa shape index (κ1) is 13.1. The van der Waals surface area contributed by atoms with Crippen LogP contribution in [0.5, 0.6) is 5.75 Å². The van der Waals surface area contributed by atoms with Gasteiger partial charge in [0.1, 0.15) is 11.4 Å². The first-order valence-corrected chi connectivity index (χ1v) is 7.69. The molecule has 0 saturated carbocycles. The Morgan fingerprint density at radius 1 is 1.27 bits per heavy atom. The first-order valence-electron chi connectivity index (χ1n) is 6.88. The van der Waals surface area contributed by atoms with Gasteiger partial charge in [-0.15, -0.1) is 0 Å². The van der Waals surface area contributed by atoms with E-state index in [4.69, 9.17) is 10.5 Å². The SMILES string of the molecule is COc1ccn2c(Cc3ccc4nc(N)sc4c3)cnc2c1. The number of pyridine rings is 1. The van der Waals surface area contributed by atoms with Crippen LogP contribution in [-0.4, -0.2) is 21.5 Å². The molecular weight excluding hydrogens is 296 g/mol. The van der Waals surface area contributed by atoms with Crippen LogP contribution in [0.2, 0.25) is 0 Å². The number of rotatable bonds is 3. The minimum absolute atomic E-state index is 0.606. The number of fused-ring (bicyclic) bond motifs is 2. The number of nitrogens with two attached hydrogens (primary N) is 1. The van der Waals surface area contributed by atoms with Gasteiger partial charge in [0.05, 0.1) is 17.3 Å². The standard InChI is InChI=1S/C16H14N4OS/c1-21-12-4-5-20-11(9-18-15(20)8-12)6-10-2-3-13-14(7-10)22-16(17)19-13/h2-5,7-9H,6H2,1H3,(H2,17,19). The molecule has 3 heterocycles. The number of nitrogens with zero attached hydrogens (tertiary/aromatic N) is 3. The van der Waals surface area contributed by atoms with Crippen LogP contribution in [0, 0.1) is 0 Å². The number of aromatic nitrogens is 3. The molecule has 0 saturated heterocycles. The third-order valence-corrected chi connectivity index (χ3v) is 4.50. The second-order valence-corrected chi connectivity index (χ2v) is 6.14. The fourth-order valence-corrected chi connectivity index (χ4v) is 3.38. The molecule has 0 unspecified atom stereocenters. The number of ether oxygens (including phenoxy) is 1. The fourth-order valence-electron chi connectivity index (χ4n) is 2.58. The minimum Gasteiger partial charge on any atom is -0.497 e. The van der Waals surface area contributed by atoms with Gasteiger partial charge in [-0.3, -0.25) is 0 Å². The number of hydrogen-bond donors (Lipinski definition) is 1. The van der Waals surface area contributed by atoms with Crippen molar-refractivity contribution in [3.8, 4) is 5.75 Å². The summed E-state index contributed by atoms with van der Waals surface area (Å²) in [6.45, 7) is 0. The summed E-state index contributed by atoms with van der Waals surface area (Å²) in [6, 6.07) is 10.1. The minimum atomic E-state index is 0.606. The molecule has 0 aliphatic rings. The van der Waals surface area contributed by atoms with Crippen molar-refractivity contribution in [1.82, 2.24) is 14.4 Å². The van der Waals surface area contributed by atoms with Crippen molar-refractivity contribution in [2.75, 3.05) is 12.8 Å². The third kappa shape index (κ3) is 2.17. The van der Waals surface area contributed by atoms with E-state index in [1.54, 1.807) is 7.11 Å². The number of thiazole rings is 1. The van der Waals surface area contributed by atoms with Crippen LogP contribution in [-0.2, 0) is 6.42 Å². The zero-order valence-corrected chi connectivity index (χ0v) is 12.8. The largest absolute Gasteiger partial charge is 0.497 e. The van der Waals surface area contributed by atoms with Gasteiger partial charge in [0.15, 0.2) is 5.13 Å². The molecular formula is C16H14N4OS. The maximum atomic E-state index is 5.76. The molecule has 0 amide bonds. The average Bonchev–Trinajstić information content (AvgIpc) is 3.09. The number of nitrogen functional groups attached to an aromatic ring is 1. The lowest BCUT2D eigenvalue weighted by molar-refractivity contribution is 0.414. The van der Waals surface area contributed by atoms with Crippen LogP contribution < -0.4 is 10.5 Å². The Hall–Kier alpha value is -2.60. The Morgan fingerprint density at radius 2 is 2.18 bits per heavy atom. The summed E-state index contributed by atoms with van der Waals surface area (Å²) in [7, 11) is 1.66. The van der Waals surface area contributed by atoms with Gasteiger partial charge >= 0.3 is 0 Å². The zero-order chi connectivity index (χ0) is 15.1. The summed E-state index contributed by atoms with van der Waals surface area (Å²) in [4.78, 5) is 8.73. The molecule has 2 N–H and O–H groups in total. The number of methoxy groups -OCH3 is 1. The summed E-state index contributed by atoms with van der Waals surface area (Å²) < 4.78 is 8.42. The van der Waals surface area contributed by atoms with E-state index in [1.807, 2.05) is 30.6 Å². The van der Waals surface area contributed by atoms with E-state index in [1.165, 1.54) is 16.9 Å². The lowest BCUT2D eigenvalue weighted by Gasteiger charge is -2.04. The van der Waals surface area contributed by atoms with Gasteiger partial charge in [0.2, 0.25) is 0 Å². The first-order chi connectivity index (χ1) is 10.7. The average molecular weight is 310 g/mol. The smallest absolute Gasteiger partial charge is 0.181 e. The maximum Gasteiger partial charge on any atom is 0.181 e. The van der Waals surface area contributed by atoms with Crippen molar-refractivity contribution < 1.29 is 4.74 Å². The fraction of sp³-hybridized carbons (Fsp3) is 0.125. The molecule has 0 atom stereocenters. The van der Waals surface area contributed by atoms with E-state index in [9.17, 15) is 0 Å². The lowest BCUT2D eigenvalue weighted by atomic mass is 10.1. The van der Waals surface area contributed by atoms with Crippen LogP contribution >= 0.6 is 11.3 Å². The molecule has 3 aromatic heterocycles. The van der Waals surface area contributed by atoms with Gasteiger partial charge in [0.25, 0.3) is 0 Å². The van der Waals surface area contributed by atoms with Crippen molar-refractivity contribution in [2.24, 2.45) is 0 Å². The summed E-state index contributed by atoms with van der Waals surface area (Å²) >= 11 is 1.52. The van der Waals surface area contributed by atoms with E-state index in [0.29, 0.717) is 5.13 Å². The molecule has 0 aliphatic carbocycles. The monoisotopic (exact) mass is 310 g/mol. The molecule has 110 valence electrons. The number of imidazole rings is 1.